The average Bonchev–Trinajstić information content (AvgIpc) is 3.14. The van der Waals surface area contributed by atoms with Crippen molar-refractivity contribution in [3.8, 4) is 0 Å². The van der Waals surface area contributed by atoms with Gasteiger partial charge in [0.1, 0.15) is 0 Å². The lowest BCUT2D eigenvalue weighted by molar-refractivity contribution is -0.122. The van der Waals surface area contributed by atoms with E-state index in [1.165, 1.54) is 12.8 Å². The third-order valence-corrected chi connectivity index (χ3v) is 4.63. The van der Waals surface area contributed by atoms with E-state index in [2.05, 4.69) is 27.8 Å². The van der Waals surface area contributed by atoms with E-state index in [1.54, 1.807) is 0 Å². The summed E-state index contributed by atoms with van der Waals surface area (Å²) < 4.78 is 1.05. The molecule has 4 heteroatoms. The molecule has 1 saturated carbocycles. The van der Waals surface area contributed by atoms with Gasteiger partial charge in [-0.1, -0.05) is 22.9 Å². The number of carbonyl (C=O) groups excluding carboxylic acids is 1. The summed E-state index contributed by atoms with van der Waals surface area (Å²) in [4.78, 5) is 16.5. The van der Waals surface area contributed by atoms with Crippen LogP contribution in [0.4, 0.5) is 5.69 Å². The van der Waals surface area contributed by atoms with Crippen LogP contribution < -0.4 is 4.90 Å². The zero-order chi connectivity index (χ0) is 12.8. The van der Waals surface area contributed by atoms with E-state index in [-0.39, 0.29) is 11.4 Å². The first-order valence-corrected chi connectivity index (χ1v) is 7.25. The second-order valence-electron chi connectivity index (χ2n) is 5.19. The lowest BCUT2D eigenvalue weighted by atomic mass is 10.1. The van der Waals surface area contributed by atoms with Crippen molar-refractivity contribution in [1.29, 1.82) is 0 Å². The topological polar surface area (TPSA) is 23.6 Å². The van der Waals surface area contributed by atoms with Crippen LogP contribution in [0.25, 0.3) is 0 Å². The molecule has 1 spiro atoms. The Balaban J connectivity index is 1.85. The van der Waals surface area contributed by atoms with Gasteiger partial charge in [0, 0.05) is 22.2 Å². The summed E-state index contributed by atoms with van der Waals surface area (Å²) in [5.74, 6) is 0.219. The number of carbonyl (C=O) groups is 1. The van der Waals surface area contributed by atoms with Gasteiger partial charge in [-0.25, -0.2) is 0 Å². The fraction of sp³-hybridized carbons (Fsp3) is 0.500. The van der Waals surface area contributed by atoms with E-state index in [0.717, 1.165) is 23.2 Å². The van der Waals surface area contributed by atoms with Crippen LogP contribution in [0.1, 0.15) is 19.8 Å². The Hall–Kier alpha value is -0.870. The van der Waals surface area contributed by atoms with E-state index in [0.29, 0.717) is 6.54 Å². The molecule has 3 rings (SSSR count). The molecular formula is C14H17BrN2O. The molecule has 18 heavy (non-hydrogen) atoms. The van der Waals surface area contributed by atoms with Gasteiger partial charge in [0.25, 0.3) is 0 Å². The lowest BCUT2D eigenvalue weighted by Gasteiger charge is -2.41. The standard InChI is InChI=1S/C14H17BrN2O/c1-2-16-9-13(18)17(10-14(16)7-8-14)12-5-3-11(15)4-6-12/h3-6H,2,7-10H2,1H3. The van der Waals surface area contributed by atoms with Crippen LogP contribution in [0, 0.1) is 0 Å². The van der Waals surface area contributed by atoms with Crippen LogP contribution in [0.15, 0.2) is 28.7 Å². The highest BCUT2D eigenvalue weighted by Gasteiger charge is 2.52. The Kier molecular flexibility index (Phi) is 2.94. The molecular weight excluding hydrogens is 292 g/mol. The van der Waals surface area contributed by atoms with Gasteiger partial charge in [-0.3, -0.25) is 9.69 Å². The third-order valence-electron chi connectivity index (χ3n) is 4.10. The summed E-state index contributed by atoms with van der Waals surface area (Å²) in [7, 11) is 0. The highest BCUT2D eigenvalue weighted by atomic mass is 79.9. The predicted molar refractivity (Wildman–Crippen MR) is 75.7 cm³/mol. The second kappa shape index (κ2) is 4.35. The van der Waals surface area contributed by atoms with Gasteiger partial charge >= 0.3 is 0 Å². The van der Waals surface area contributed by atoms with Crippen molar-refractivity contribution in [3.05, 3.63) is 28.7 Å². The highest BCUT2D eigenvalue weighted by Crippen LogP contribution is 2.45. The van der Waals surface area contributed by atoms with Crippen molar-refractivity contribution >= 4 is 27.5 Å². The maximum absolute atomic E-state index is 12.2. The molecule has 1 aliphatic carbocycles. The average molecular weight is 309 g/mol. The molecule has 2 aliphatic rings. The first-order chi connectivity index (χ1) is 8.64. The Morgan fingerprint density at radius 3 is 2.50 bits per heavy atom. The lowest BCUT2D eigenvalue weighted by Crippen LogP contribution is -2.57. The van der Waals surface area contributed by atoms with Crippen molar-refractivity contribution < 1.29 is 4.79 Å². The van der Waals surface area contributed by atoms with E-state index < -0.39 is 0 Å². The van der Waals surface area contributed by atoms with Crippen molar-refractivity contribution in [3.63, 3.8) is 0 Å². The number of amides is 1. The van der Waals surface area contributed by atoms with Crippen molar-refractivity contribution in [1.82, 2.24) is 4.90 Å². The largest absolute Gasteiger partial charge is 0.309 e. The summed E-state index contributed by atoms with van der Waals surface area (Å²) in [5, 5.41) is 0. The monoisotopic (exact) mass is 308 g/mol. The first-order valence-electron chi connectivity index (χ1n) is 6.46. The highest BCUT2D eigenvalue weighted by molar-refractivity contribution is 9.10. The maximum Gasteiger partial charge on any atom is 0.241 e. The van der Waals surface area contributed by atoms with Gasteiger partial charge in [0.15, 0.2) is 0 Å². The van der Waals surface area contributed by atoms with Gasteiger partial charge in [-0.15, -0.1) is 0 Å². The number of halogens is 1. The van der Waals surface area contributed by atoms with Crippen molar-refractivity contribution in [2.75, 3.05) is 24.5 Å². The second-order valence-corrected chi connectivity index (χ2v) is 6.11. The molecule has 3 nitrogen and oxygen atoms in total. The van der Waals surface area contributed by atoms with Gasteiger partial charge in [-0.2, -0.15) is 0 Å². The van der Waals surface area contributed by atoms with E-state index >= 15 is 0 Å². The minimum atomic E-state index is 0.219. The van der Waals surface area contributed by atoms with Crippen molar-refractivity contribution in [2.24, 2.45) is 0 Å². The van der Waals surface area contributed by atoms with Crippen LogP contribution in [0.5, 0.6) is 0 Å². The smallest absolute Gasteiger partial charge is 0.241 e. The van der Waals surface area contributed by atoms with E-state index in [9.17, 15) is 4.79 Å². The number of hydrogen-bond acceptors (Lipinski definition) is 2. The Labute approximate surface area is 116 Å². The van der Waals surface area contributed by atoms with Crippen LogP contribution in [-0.2, 0) is 4.79 Å². The minimum Gasteiger partial charge on any atom is -0.309 e. The molecule has 0 atom stereocenters. The first kappa shape index (κ1) is 12.2. The number of nitrogens with zero attached hydrogens (tertiary/aromatic N) is 2. The quantitative estimate of drug-likeness (QED) is 0.838. The molecule has 1 heterocycles. The van der Waals surface area contributed by atoms with E-state index in [4.69, 9.17) is 0 Å². The molecule has 0 aromatic heterocycles. The maximum atomic E-state index is 12.2. The van der Waals surface area contributed by atoms with Gasteiger partial charge in [-0.05, 0) is 43.7 Å². The molecule has 0 unspecified atom stereocenters. The van der Waals surface area contributed by atoms with Crippen LogP contribution in [0.2, 0.25) is 0 Å². The van der Waals surface area contributed by atoms with Crippen LogP contribution >= 0.6 is 15.9 Å². The summed E-state index contributed by atoms with van der Waals surface area (Å²) >= 11 is 3.43. The summed E-state index contributed by atoms with van der Waals surface area (Å²) in [6, 6.07) is 8.02. The molecule has 1 aromatic carbocycles. The fourth-order valence-corrected chi connectivity index (χ4v) is 3.09. The molecule has 1 aromatic rings. The molecule has 0 N–H and O–H groups in total. The molecule has 1 aliphatic heterocycles. The number of rotatable bonds is 2. The zero-order valence-electron chi connectivity index (χ0n) is 10.5. The Morgan fingerprint density at radius 2 is 1.94 bits per heavy atom. The summed E-state index contributed by atoms with van der Waals surface area (Å²) in [6.45, 7) is 4.52. The van der Waals surface area contributed by atoms with Gasteiger partial charge < -0.3 is 4.90 Å². The van der Waals surface area contributed by atoms with Gasteiger partial charge in [0.2, 0.25) is 5.91 Å². The molecule has 2 fully saturated rings. The summed E-state index contributed by atoms with van der Waals surface area (Å²) in [6.07, 6.45) is 2.45. The number of likely N-dealkylation sites (N-methyl/N-ethyl adjacent to an activating group) is 1. The number of anilines is 1. The Bertz CT molecular complexity index is 467. The predicted octanol–water partition coefficient (Wildman–Crippen LogP) is 2.65. The SMILES string of the molecule is CCN1CC(=O)N(c2ccc(Br)cc2)CC12CC2. The third kappa shape index (κ3) is 1.97. The van der Waals surface area contributed by atoms with E-state index in [1.807, 2.05) is 29.2 Å². The number of hydrogen-bond donors (Lipinski definition) is 0. The molecule has 96 valence electrons. The van der Waals surface area contributed by atoms with Crippen molar-refractivity contribution in [2.45, 2.75) is 25.3 Å². The minimum absolute atomic E-state index is 0.219. The number of piperazine rings is 1. The molecule has 1 saturated heterocycles. The van der Waals surface area contributed by atoms with Crippen LogP contribution in [0.3, 0.4) is 0 Å². The molecule has 1 amide bonds. The normalized spacial score (nSPS) is 22.6. The molecule has 0 bridgehead atoms. The zero-order valence-corrected chi connectivity index (χ0v) is 12.1. The van der Waals surface area contributed by atoms with Gasteiger partial charge in [0.05, 0.1) is 6.54 Å². The van der Waals surface area contributed by atoms with Crippen LogP contribution in [-0.4, -0.2) is 36.0 Å². The fourth-order valence-electron chi connectivity index (χ4n) is 2.82. The molecule has 0 radical (unpaired) electrons. The Morgan fingerprint density at radius 1 is 1.28 bits per heavy atom. The number of benzene rings is 1. The summed E-state index contributed by atoms with van der Waals surface area (Å²) in [5.41, 5.74) is 1.29.